The van der Waals surface area contributed by atoms with Gasteiger partial charge >= 0.3 is 6.03 Å². The number of halogens is 1. The van der Waals surface area contributed by atoms with Gasteiger partial charge in [0, 0.05) is 32.7 Å². The van der Waals surface area contributed by atoms with Crippen molar-refractivity contribution in [3.8, 4) is 0 Å². The molecule has 118 valence electrons. The maximum atomic E-state index is 11.5. The SMILES string of the molecule is CN(C)C(=O)Nc1cccc(CNC(=O)CCCN)c1.Cl. The smallest absolute Gasteiger partial charge is 0.321 e. The average Bonchev–Trinajstić information content (AvgIpc) is 2.43. The summed E-state index contributed by atoms with van der Waals surface area (Å²) in [5.74, 6) is -0.0156. The van der Waals surface area contributed by atoms with Crippen molar-refractivity contribution in [3.63, 3.8) is 0 Å². The van der Waals surface area contributed by atoms with E-state index >= 15 is 0 Å². The lowest BCUT2D eigenvalue weighted by Gasteiger charge is -2.13. The molecule has 1 aromatic carbocycles. The number of nitrogens with one attached hydrogen (secondary N) is 2. The lowest BCUT2D eigenvalue weighted by Crippen LogP contribution is -2.27. The molecule has 7 heteroatoms. The maximum absolute atomic E-state index is 11.5. The quantitative estimate of drug-likeness (QED) is 0.744. The van der Waals surface area contributed by atoms with Crippen LogP contribution in [-0.2, 0) is 11.3 Å². The summed E-state index contributed by atoms with van der Waals surface area (Å²) < 4.78 is 0. The van der Waals surface area contributed by atoms with E-state index in [0.717, 1.165) is 5.56 Å². The van der Waals surface area contributed by atoms with Gasteiger partial charge < -0.3 is 21.3 Å². The molecule has 0 fully saturated rings. The summed E-state index contributed by atoms with van der Waals surface area (Å²) in [6, 6.07) is 7.20. The molecule has 4 N–H and O–H groups in total. The van der Waals surface area contributed by atoms with Gasteiger partial charge in [-0.15, -0.1) is 12.4 Å². The van der Waals surface area contributed by atoms with E-state index in [1.54, 1.807) is 20.2 Å². The molecule has 0 bridgehead atoms. The van der Waals surface area contributed by atoms with Crippen LogP contribution >= 0.6 is 12.4 Å². The Hall–Kier alpha value is -1.79. The zero-order valence-corrected chi connectivity index (χ0v) is 13.2. The van der Waals surface area contributed by atoms with Crippen LogP contribution in [0, 0.1) is 0 Å². The summed E-state index contributed by atoms with van der Waals surface area (Å²) in [7, 11) is 3.35. The second-order valence-corrected chi connectivity index (χ2v) is 4.69. The largest absolute Gasteiger partial charge is 0.352 e. The predicted octanol–water partition coefficient (Wildman–Crippen LogP) is 1.56. The second kappa shape index (κ2) is 10.0. The molecule has 0 saturated heterocycles. The second-order valence-electron chi connectivity index (χ2n) is 4.69. The number of hydrogen-bond acceptors (Lipinski definition) is 3. The van der Waals surface area contributed by atoms with E-state index < -0.39 is 0 Å². The minimum Gasteiger partial charge on any atom is -0.352 e. The number of rotatable bonds is 6. The van der Waals surface area contributed by atoms with Gasteiger partial charge in [0.25, 0.3) is 0 Å². The molecule has 0 aliphatic carbocycles. The van der Waals surface area contributed by atoms with E-state index in [9.17, 15) is 9.59 Å². The van der Waals surface area contributed by atoms with E-state index in [2.05, 4.69) is 10.6 Å². The molecule has 0 aromatic heterocycles. The van der Waals surface area contributed by atoms with Crippen molar-refractivity contribution < 1.29 is 9.59 Å². The first-order chi connectivity index (χ1) is 9.52. The first-order valence-corrected chi connectivity index (χ1v) is 6.57. The van der Waals surface area contributed by atoms with Crippen LogP contribution in [0.3, 0.4) is 0 Å². The molecule has 0 unspecified atom stereocenters. The van der Waals surface area contributed by atoms with E-state index in [0.29, 0.717) is 31.6 Å². The number of nitrogens with two attached hydrogens (primary N) is 1. The van der Waals surface area contributed by atoms with Crippen LogP contribution in [0.25, 0.3) is 0 Å². The summed E-state index contributed by atoms with van der Waals surface area (Å²) in [4.78, 5) is 24.5. The maximum Gasteiger partial charge on any atom is 0.321 e. The first kappa shape index (κ1) is 19.2. The lowest BCUT2D eigenvalue weighted by molar-refractivity contribution is -0.121. The molecular weight excluding hydrogens is 292 g/mol. The highest BCUT2D eigenvalue weighted by atomic mass is 35.5. The molecule has 0 aliphatic rings. The molecule has 0 radical (unpaired) electrons. The molecule has 0 atom stereocenters. The molecule has 0 heterocycles. The number of carbonyl (C=O) groups is 2. The number of amides is 3. The predicted molar refractivity (Wildman–Crippen MR) is 86.5 cm³/mol. The Morgan fingerprint density at radius 1 is 1.29 bits per heavy atom. The van der Waals surface area contributed by atoms with Crippen LogP contribution in [-0.4, -0.2) is 37.5 Å². The number of anilines is 1. The Morgan fingerprint density at radius 2 is 2.00 bits per heavy atom. The first-order valence-electron chi connectivity index (χ1n) is 6.57. The number of urea groups is 1. The minimum atomic E-state index is -0.186. The Kier molecular flexibility index (Phi) is 9.16. The highest BCUT2D eigenvalue weighted by Gasteiger charge is 2.05. The van der Waals surface area contributed by atoms with Gasteiger partial charge in [-0.1, -0.05) is 12.1 Å². The van der Waals surface area contributed by atoms with E-state index in [1.807, 2.05) is 18.2 Å². The highest BCUT2D eigenvalue weighted by Crippen LogP contribution is 2.11. The molecule has 0 saturated carbocycles. The molecule has 1 rings (SSSR count). The van der Waals surface area contributed by atoms with Crippen LogP contribution in [0.2, 0.25) is 0 Å². The van der Waals surface area contributed by atoms with Crippen LogP contribution in [0.4, 0.5) is 10.5 Å². The van der Waals surface area contributed by atoms with Crippen molar-refractivity contribution in [3.05, 3.63) is 29.8 Å². The molecule has 3 amide bonds. The molecule has 1 aromatic rings. The van der Waals surface area contributed by atoms with Crippen molar-refractivity contribution in [2.45, 2.75) is 19.4 Å². The lowest BCUT2D eigenvalue weighted by atomic mass is 10.2. The fraction of sp³-hybridized carbons (Fsp3) is 0.429. The van der Waals surface area contributed by atoms with Crippen LogP contribution in [0.1, 0.15) is 18.4 Å². The number of carbonyl (C=O) groups excluding carboxylic acids is 2. The topological polar surface area (TPSA) is 87.5 Å². The van der Waals surface area contributed by atoms with Gasteiger partial charge in [0.2, 0.25) is 5.91 Å². The summed E-state index contributed by atoms with van der Waals surface area (Å²) in [6.07, 6.45) is 1.12. The Labute approximate surface area is 131 Å². The fourth-order valence-corrected chi connectivity index (χ4v) is 1.55. The van der Waals surface area contributed by atoms with Crippen molar-refractivity contribution in [1.29, 1.82) is 0 Å². The Morgan fingerprint density at radius 3 is 2.62 bits per heavy atom. The summed E-state index contributed by atoms with van der Waals surface area (Å²) in [5.41, 5.74) is 6.99. The Balaban J connectivity index is 0.00000400. The monoisotopic (exact) mass is 314 g/mol. The fourth-order valence-electron chi connectivity index (χ4n) is 1.55. The number of benzene rings is 1. The van der Waals surface area contributed by atoms with Gasteiger partial charge in [0.05, 0.1) is 0 Å². The average molecular weight is 315 g/mol. The van der Waals surface area contributed by atoms with E-state index in [4.69, 9.17) is 5.73 Å². The molecule has 21 heavy (non-hydrogen) atoms. The summed E-state index contributed by atoms with van der Waals surface area (Å²) in [6.45, 7) is 0.953. The summed E-state index contributed by atoms with van der Waals surface area (Å²) in [5, 5.41) is 5.58. The van der Waals surface area contributed by atoms with Crippen molar-refractivity contribution in [2.75, 3.05) is 26.0 Å². The zero-order chi connectivity index (χ0) is 15.0. The van der Waals surface area contributed by atoms with Crippen molar-refractivity contribution in [2.24, 2.45) is 5.73 Å². The molecule has 6 nitrogen and oxygen atoms in total. The van der Waals surface area contributed by atoms with Gasteiger partial charge in [-0.05, 0) is 30.7 Å². The van der Waals surface area contributed by atoms with Gasteiger partial charge in [-0.2, -0.15) is 0 Å². The summed E-state index contributed by atoms with van der Waals surface area (Å²) >= 11 is 0. The zero-order valence-electron chi connectivity index (χ0n) is 12.4. The third kappa shape index (κ3) is 7.53. The number of nitrogens with zero attached hydrogens (tertiary/aromatic N) is 1. The molecule has 0 aliphatic heterocycles. The van der Waals surface area contributed by atoms with Gasteiger partial charge in [0.15, 0.2) is 0 Å². The molecule has 0 spiro atoms. The van der Waals surface area contributed by atoms with Crippen LogP contribution in [0.5, 0.6) is 0 Å². The number of hydrogen-bond donors (Lipinski definition) is 3. The van der Waals surface area contributed by atoms with E-state index in [-0.39, 0.29) is 24.3 Å². The Bertz CT molecular complexity index is 466. The van der Waals surface area contributed by atoms with E-state index in [1.165, 1.54) is 4.90 Å². The normalized spacial score (nSPS) is 9.48. The standard InChI is InChI=1S/C14H22N4O2.ClH/c1-18(2)14(20)17-12-6-3-5-11(9-12)10-16-13(19)7-4-8-15;/h3,5-6,9H,4,7-8,10,15H2,1-2H3,(H,16,19)(H,17,20);1H. The highest BCUT2D eigenvalue weighted by molar-refractivity contribution is 5.89. The van der Waals surface area contributed by atoms with Crippen molar-refractivity contribution in [1.82, 2.24) is 10.2 Å². The van der Waals surface area contributed by atoms with Gasteiger partial charge in [-0.25, -0.2) is 4.79 Å². The minimum absolute atomic E-state index is 0. The molecular formula is C14H23ClN4O2. The van der Waals surface area contributed by atoms with Crippen LogP contribution < -0.4 is 16.4 Å². The third-order valence-electron chi connectivity index (χ3n) is 2.68. The van der Waals surface area contributed by atoms with Crippen molar-refractivity contribution >= 4 is 30.0 Å². The van der Waals surface area contributed by atoms with Crippen LogP contribution in [0.15, 0.2) is 24.3 Å². The third-order valence-corrected chi connectivity index (χ3v) is 2.68. The van der Waals surface area contributed by atoms with Gasteiger partial charge in [-0.3, -0.25) is 4.79 Å². The van der Waals surface area contributed by atoms with Gasteiger partial charge in [0.1, 0.15) is 0 Å².